The van der Waals surface area contributed by atoms with Crippen molar-refractivity contribution < 1.29 is 0 Å². The van der Waals surface area contributed by atoms with Crippen LogP contribution in [0.5, 0.6) is 0 Å². The third-order valence-corrected chi connectivity index (χ3v) is 8.29. The lowest BCUT2D eigenvalue weighted by atomic mass is 9.80. The molecule has 3 heteroatoms. The number of fused-ring (bicyclic) bond motifs is 9. The smallest absolute Gasteiger partial charge is 0.215 e. The monoisotopic (exact) mass is 463 g/mol. The van der Waals surface area contributed by atoms with Crippen molar-refractivity contribution in [3.8, 4) is 17.1 Å². The van der Waals surface area contributed by atoms with Gasteiger partial charge in [-0.05, 0) is 63.4 Å². The minimum absolute atomic E-state index is 0.0825. The summed E-state index contributed by atoms with van der Waals surface area (Å²) in [5, 5.41) is 5.20. The third-order valence-electron chi connectivity index (χ3n) is 8.29. The van der Waals surface area contributed by atoms with E-state index in [9.17, 15) is 0 Å². The molecule has 0 N–H and O–H groups in total. The van der Waals surface area contributed by atoms with E-state index < -0.39 is 0 Å². The van der Waals surface area contributed by atoms with Crippen molar-refractivity contribution in [2.45, 2.75) is 19.3 Å². The van der Waals surface area contributed by atoms with Crippen LogP contribution in [0.4, 0.5) is 0 Å². The Labute approximate surface area is 209 Å². The van der Waals surface area contributed by atoms with Crippen molar-refractivity contribution in [3.63, 3.8) is 0 Å². The van der Waals surface area contributed by atoms with Crippen molar-refractivity contribution >= 4 is 43.6 Å². The van der Waals surface area contributed by atoms with Crippen LogP contribution in [0.2, 0.25) is 0 Å². The van der Waals surface area contributed by atoms with E-state index in [1.54, 1.807) is 0 Å². The minimum atomic E-state index is -0.0825. The van der Waals surface area contributed by atoms with Gasteiger partial charge in [0, 0.05) is 23.2 Å². The van der Waals surface area contributed by atoms with Crippen LogP contribution in [0, 0.1) is 0 Å². The first kappa shape index (κ1) is 19.9. The summed E-state index contributed by atoms with van der Waals surface area (Å²) in [5.41, 5.74) is 9.96. The highest BCUT2D eigenvalue weighted by Crippen LogP contribution is 2.53. The van der Waals surface area contributed by atoms with Gasteiger partial charge in [0.25, 0.3) is 0 Å². The summed E-state index contributed by atoms with van der Waals surface area (Å²) in [6.07, 6.45) is 0. The zero-order chi connectivity index (χ0) is 24.2. The number of hydrogen-bond acceptors (Lipinski definition) is 1. The predicted octanol–water partition coefficient (Wildman–Crippen LogP) is 8.13. The second-order valence-corrected chi connectivity index (χ2v) is 10.6. The first-order chi connectivity index (χ1) is 17.5. The lowest BCUT2D eigenvalue weighted by Crippen LogP contribution is -2.15. The Morgan fingerprint density at radius 3 is 2.19 bits per heavy atom. The Balaban J connectivity index is 1.52. The molecule has 0 unspecified atom stereocenters. The summed E-state index contributed by atoms with van der Waals surface area (Å²) in [4.78, 5) is 5.09. The van der Waals surface area contributed by atoms with E-state index >= 15 is 0 Å². The Kier molecular flexibility index (Phi) is 3.67. The molecular formula is C33H25N3. The number of aryl methyl sites for hydroxylation is 1. The molecule has 0 aliphatic heterocycles. The van der Waals surface area contributed by atoms with Crippen LogP contribution in [-0.4, -0.2) is 14.1 Å². The van der Waals surface area contributed by atoms with Gasteiger partial charge in [0.2, 0.25) is 5.95 Å². The lowest BCUT2D eigenvalue weighted by Gasteiger charge is -2.23. The SMILES string of the molecule is Cn1c(-n2c3ccccc3c3cc4c(cc32)-c2ccc3ccccc3c2C4(C)C)nc2ccccc21. The van der Waals surface area contributed by atoms with Crippen LogP contribution in [-0.2, 0) is 12.5 Å². The van der Waals surface area contributed by atoms with Crippen molar-refractivity contribution in [1.82, 2.24) is 14.1 Å². The Morgan fingerprint density at radius 1 is 0.639 bits per heavy atom. The van der Waals surface area contributed by atoms with Gasteiger partial charge < -0.3 is 4.57 Å². The van der Waals surface area contributed by atoms with E-state index in [1.807, 2.05) is 0 Å². The number of rotatable bonds is 1. The molecule has 2 heterocycles. The quantitative estimate of drug-likeness (QED) is 0.241. The zero-order valence-corrected chi connectivity index (χ0v) is 20.6. The molecule has 0 amide bonds. The zero-order valence-electron chi connectivity index (χ0n) is 20.6. The van der Waals surface area contributed by atoms with Gasteiger partial charge in [0.05, 0.1) is 22.1 Å². The first-order valence-corrected chi connectivity index (χ1v) is 12.6. The van der Waals surface area contributed by atoms with E-state index in [0.717, 1.165) is 17.0 Å². The molecule has 8 rings (SSSR count). The standard InChI is InChI=1S/C33H25N3/c1-33(2)26-18-25-22-12-6-8-14-28(22)36(32-34-27-13-7-9-15-29(27)35(32)3)30(25)19-24(26)23-17-16-20-10-4-5-11-21(20)31(23)33/h4-19H,1-3H3. The van der Waals surface area contributed by atoms with Gasteiger partial charge >= 0.3 is 0 Å². The van der Waals surface area contributed by atoms with Crippen LogP contribution in [0.3, 0.4) is 0 Å². The normalized spacial score (nSPS) is 14.2. The highest BCUT2D eigenvalue weighted by Gasteiger charge is 2.37. The maximum absolute atomic E-state index is 5.09. The van der Waals surface area contributed by atoms with Gasteiger partial charge in [-0.1, -0.05) is 80.6 Å². The fourth-order valence-corrected chi connectivity index (χ4v) is 6.61. The molecule has 5 aromatic carbocycles. The number of aromatic nitrogens is 3. The summed E-state index contributed by atoms with van der Waals surface area (Å²) in [6, 6.07) is 35.3. The Bertz CT molecular complexity index is 2030. The van der Waals surface area contributed by atoms with Gasteiger partial charge in [-0.2, -0.15) is 0 Å². The number of para-hydroxylation sites is 3. The molecule has 172 valence electrons. The molecule has 36 heavy (non-hydrogen) atoms. The Hall–Kier alpha value is -4.37. The summed E-state index contributed by atoms with van der Waals surface area (Å²) < 4.78 is 4.55. The van der Waals surface area contributed by atoms with E-state index in [-0.39, 0.29) is 5.41 Å². The first-order valence-electron chi connectivity index (χ1n) is 12.6. The molecule has 0 radical (unpaired) electrons. The largest absolute Gasteiger partial charge is 0.313 e. The van der Waals surface area contributed by atoms with Crippen molar-refractivity contribution in [3.05, 3.63) is 108 Å². The van der Waals surface area contributed by atoms with Crippen LogP contribution in [0.25, 0.3) is 60.7 Å². The van der Waals surface area contributed by atoms with Gasteiger partial charge in [0.15, 0.2) is 0 Å². The molecule has 0 saturated heterocycles. The second-order valence-electron chi connectivity index (χ2n) is 10.6. The molecule has 1 aliphatic carbocycles. The molecule has 0 fully saturated rings. The van der Waals surface area contributed by atoms with E-state index in [1.165, 1.54) is 54.8 Å². The van der Waals surface area contributed by atoms with E-state index in [0.29, 0.717) is 0 Å². The topological polar surface area (TPSA) is 22.8 Å². The van der Waals surface area contributed by atoms with E-state index in [2.05, 4.69) is 127 Å². The highest BCUT2D eigenvalue weighted by molar-refractivity contribution is 6.12. The highest BCUT2D eigenvalue weighted by atomic mass is 15.2. The second kappa shape index (κ2) is 6.64. The van der Waals surface area contributed by atoms with Crippen LogP contribution < -0.4 is 0 Å². The fraction of sp³-hybridized carbons (Fsp3) is 0.121. The lowest BCUT2D eigenvalue weighted by molar-refractivity contribution is 0.667. The fourth-order valence-electron chi connectivity index (χ4n) is 6.61. The molecule has 7 aromatic rings. The average Bonchev–Trinajstić information content (AvgIpc) is 3.48. The molecular weight excluding hydrogens is 438 g/mol. The minimum Gasteiger partial charge on any atom is -0.313 e. The summed E-state index contributed by atoms with van der Waals surface area (Å²) in [6.45, 7) is 4.75. The molecule has 2 aromatic heterocycles. The van der Waals surface area contributed by atoms with Gasteiger partial charge in [-0.3, -0.25) is 4.57 Å². The number of imidazole rings is 1. The third kappa shape index (κ3) is 2.35. The maximum Gasteiger partial charge on any atom is 0.215 e. The van der Waals surface area contributed by atoms with E-state index in [4.69, 9.17) is 4.98 Å². The van der Waals surface area contributed by atoms with Crippen LogP contribution in [0.15, 0.2) is 97.1 Å². The van der Waals surface area contributed by atoms with Crippen LogP contribution in [0.1, 0.15) is 25.0 Å². The molecule has 3 nitrogen and oxygen atoms in total. The maximum atomic E-state index is 5.09. The number of benzene rings is 5. The molecule has 0 bridgehead atoms. The average molecular weight is 464 g/mol. The predicted molar refractivity (Wildman–Crippen MR) is 150 cm³/mol. The van der Waals surface area contributed by atoms with Crippen LogP contribution >= 0.6 is 0 Å². The van der Waals surface area contributed by atoms with Gasteiger partial charge in [-0.15, -0.1) is 0 Å². The molecule has 0 spiro atoms. The number of nitrogens with zero attached hydrogens (tertiary/aromatic N) is 3. The molecule has 1 aliphatic rings. The summed E-state index contributed by atoms with van der Waals surface area (Å²) >= 11 is 0. The van der Waals surface area contributed by atoms with Gasteiger partial charge in [-0.25, -0.2) is 4.98 Å². The van der Waals surface area contributed by atoms with Gasteiger partial charge in [0.1, 0.15) is 0 Å². The summed E-state index contributed by atoms with van der Waals surface area (Å²) in [5.74, 6) is 0.943. The number of hydrogen-bond donors (Lipinski definition) is 0. The Morgan fingerprint density at radius 2 is 1.36 bits per heavy atom. The molecule has 0 atom stereocenters. The van der Waals surface area contributed by atoms with Crippen molar-refractivity contribution in [2.24, 2.45) is 7.05 Å². The van der Waals surface area contributed by atoms with Crippen molar-refractivity contribution in [1.29, 1.82) is 0 Å². The van der Waals surface area contributed by atoms with Crippen molar-refractivity contribution in [2.75, 3.05) is 0 Å². The summed E-state index contributed by atoms with van der Waals surface area (Å²) in [7, 11) is 2.11. The molecule has 0 saturated carbocycles.